The zero-order chi connectivity index (χ0) is 15.5. The van der Waals surface area contributed by atoms with Gasteiger partial charge >= 0.3 is 0 Å². The molecule has 0 atom stereocenters. The van der Waals surface area contributed by atoms with Gasteiger partial charge in [0.2, 0.25) is 10.0 Å². The minimum atomic E-state index is -3.51. The minimum absolute atomic E-state index is 0.0390. The molecule has 1 heterocycles. The normalized spacial score (nSPS) is 12.4. The Morgan fingerprint density at radius 3 is 2.24 bits per heavy atom. The molecule has 5 nitrogen and oxygen atoms in total. The highest BCUT2D eigenvalue weighted by molar-refractivity contribution is 7.91. The molecule has 8 heteroatoms. The van der Waals surface area contributed by atoms with Crippen LogP contribution in [0.2, 0.25) is 0 Å². The molecule has 0 amide bonds. The SMILES string of the molecule is CCS(=O)(=O)c1ccc(CNS(=O)(=O)c2cccs2)cc1. The highest BCUT2D eigenvalue weighted by Gasteiger charge is 2.15. The van der Waals surface area contributed by atoms with Crippen molar-refractivity contribution in [2.75, 3.05) is 5.75 Å². The Bertz CT molecular complexity index is 792. The summed E-state index contributed by atoms with van der Waals surface area (Å²) in [6.45, 7) is 1.70. The van der Waals surface area contributed by atoms with Gasteiger partial charge in [0, 0.05) is 6.54 Å². The highest BCUT2D eigenvalue weighted by Crippen LogP contribution is 2.16. The zero-order valence-corrected chi connectivity index (χ0v) is 13.8. The van der Waals surface area contributed by atoms with E-state index < -0.39 is 19.9 Å². The van der Waals surface area contributed by atoms with Gasteiger partial charge in [-0.2, -0.15) is 0 Å². The molecule has 1 N–H and O–H groups in total. The largest absolute Gasteiger partial charge is 0.250 e. The van der Waals surface area contributed by atoms with Crippen LogP contribution in [0.15, 0.2) is 50.9 Å². The third-order valence-corrected chi connectivity index (χ3v) is 7.44. The summed E-state index contributed by atoms with van der Waals surface area (Å²) in [5, 5.41) is 1.69. The van der Waals surface area contributed by atoms with Crippen molar-refractivity contribution in [1.29, 1.82) is 0 Å². The molecule has 0 aliphatic carbocycles. The Hall–Kier alpha value is -1.22. The summed E-state index contributed by atoms with van der Waals surface area (Å²) in [5.41, 5.74) is 0.699. The molecule has 114 valence electrons. The van der Waals surface area contributed by atoms with E-state index in [4.69, 9.17) is 0 Å². The van der Waals surface area contributed by atoms with Crippen molar-refractivity contribution < 1.29 is 16.8 Å². The molecule has 2 aromatic rings. The van der Waals surface area contributed by atoms with E-state index >= 15 is 0 Å². The van der Waals surface area contributed by atoms with Gasteiger partial charge in [-0.05, 0) is 29.1 Å². The number of benzene rings is 1. The summed E-state index contributed by atoms with van der Waals surface area (Å²) in [6.07, 6.45) is 0. The van der Waals surface area contributed by atoms with E-state index in [-0.39, 0.29) is 21.4 Å². The fourth-order valence-electron chi connectivity index (χ4n) is 1.65. The van der Waals surface area contributed by atoms with Gasteiger partial charge in [-0.3, -0.25) is 0 Å². The molecule has 21 heavy (non-hydrogen) atoms. The van der Waals surface area contributed by atoms with Crippen molar-refractivity contribution >= 4 is 31.2 Å². The molecular formula is C13H15NO4S3. The number of hydrogen-bond donors (Lipinski definition) is 1. The lowest BCUT2D eigenvalue weighted by molar-refractivity contribution is 0.583. The lowest BCUT2D eigenvalue weighted by atomic mass is 10.2. The van der Waals surface area contributed by atoms with Gasteiger partial charge in [-0.25, -0.2) is 21.6 Å². The number of sulfone groups is 1. The molecule has 1 aromatic carbocycles. The Morgan fingerprint density at radius 1 is 1.05 bits per heavy atom. The fourth-order valence-corrected chi connectivity index (χ4v) is 4.59. The molecule has 0 saturated carbocycles. The third kappa shape index (κ3) is 3.91. The Balaban J connectivity index is 2.09. The van der Waals surface area contributed by atoms with Crippen molar-refractivity contribution in [3.63, 3.8) is 0 Å². The molecule has 0 unspecified atom stereocenters. The first kappa shape index (κ1) is 16.2. The number of rotatable bonds is 6. The number of nitrogens with one attached hydrogen (secondary N) is 1. The average Bonchev–Trinajstić information content (AvgIpc) is 3.01. The van der Waals surface area contributed by atoms with Crippen molar-refractivity contribution in [2.24, 2.45) is 0 Å². The standard InChI is InChI=1S/C13H15NO4S3/c1-2-20(15,16)12-7-5-11(6-8-12)10-14-21(17,18)13-4-3-9-19-13/h3-9,14H,2,10H2,1H3. The van der Waals surface area contributed by atoms with Crippen LogP contribution in [0.3, 0.4) is 0 Å². The van der Waals surface area contributed by atoms with E-state index in [1.54, 1.807) is 30.5 Å². The predicted molar refractivity (Wildman–Crippen MR) is 82.5 cm³/mol. The van der Waals surface area contributed by atoms with Crippen LogP contribution >= 0.6 is 11.3 Å². The van der Waals surface area contributed by atoms with E-state index in [1.807, 2.05) is 0 Å². The maximum atomic E-state index is 11.9. The average molecular weight is 345 g/mol. The monoisotopic (exact) mass is 345 g/mol. The van der Waals surface area contributed by atoms with Gasteiger partial charge in [-0.1, -0.05) is 25.1 Å². The molecule has 0 radical (unpaired) electrons. The van der Waals surface area contributed by atoms with Crippen molar-refractivity contribution in [3.8, 4) is 0 Å². The van der Waals surface area contributed by atoms with Crippen LogP contribution in [0.25, 0.3) is 0 Å². The third-order valence-electron chi connectivity index (χ3n) is 2.89. The van der Waals surface area contributed by atoms with Crippen LogP contribution in [-0.4, -0.2) is 22.6 Å². The first-order valence-electron chi connectivity index (χ1n) is 6.20. The van der Waals surface area contributed by atoms with Gasteiger partial charge in [0.1, 0.15) is 4.21 Å². The first-order chi connectivity index (χ1) is 9.85. The Kier molecular flexibility index (Phi) is 4.82. The molecule has 0 fully saturated rings. The summed E-state index contributed by atoms with van der Waals surface area (Å²) < 4.78 is 50.0. The van der Waals surface area contributed by atoms with E-state index in [0.717, 1.165) is 11.3 Å². The predicted octanol–water partition coefficient (Wildman–Crippen LogP) is 2.02. The molecule has 0 aliphatic rings. The lowest BCUT2D eigenvalue weighted by Gasteiger charge is -2.06. The lowest BCUT2D eigenvalue weighted by Crippen LogP contribution is -2.22. The second-order valence-electron chi connectivity index (χ2n) is 4.30. The Morgan fingerprint density at radius 2 is 1.71 bits per heavy atom. The first-order valence-corrected chi connectivity index (χ1v) is 10.2. The van der Waals surface area contributed by atoms with Crippen molar-refractivity contribution in [1.82, 2.24) is 4.72 Å². The highest BCUT2D eigenvalue weighted by atomic mass is 32.2. The van der Waals surface area contributed by atoms with Gasteiger partial charge in [0.15, 0.2) is 9.84 Å². The number of thiophene rings is 1. The van der Waals surface area contributed by atoms with Crippen LogP contribution in [0.4, 0.5) is 0 Å². The summed E-state index contributed by atoms with van der Waals surface area (Å²) in [4.78, 5) is 0.245. The molecule has 0 spiro atoms. The van der Waals surface area contributed by atoms with E-state index in [9.17, 15) is 16.8 Å². The van der Waals surface area contributed by atoms with Crippen molar-refractivity contribution in [2.45, 2.75) is 22.6 Å². The molecule has 0 aliphatic heterocycles. The Labute approximate surface area is 128 Å². The second kappa shape index (κ2) is 6.27. The number of sulfonamides is 1. The van der Waals surface area contributed by atoms with Crippen LogP contribution in [0.5, 0.6) is 0 Å². The van der Waals surface area contributed by atoms with Crippen molar-refractivity contribution in [3.05, 3.63) is 47.3 Å². The quantitative estimate of drug-likeness (QED) is 0.868. The topological polar surface area (TPSA) is 80.3 Å². The van der Waals surface area contributed by atoms with Crippen LogP contribution in [0.1, 0.15) is 12.5 Å². The molecular weight excluding hydrogens is 330 g/mol. The van der Waals surface area contributed by atoms with Gasteiger partial charge < -0.3 is 0 Å². The summed E-state index contributed by atoms with van der Waals surface area (Å²) in [6, 6.07) is 9.41. The van der Waals surface area contributed by atoms with E-state index in [0.29, 0.717) is 5.56 Å². The maximum Gasteiger partial charge on any atom is 0.250 e. The van der Waals surface area contributed by atoms with Crippen LogP contribution < -0.4 is 4.72 Å². The fraction of sp³-hybridized carbons (Fsp3) is 0.231. The molecule has 0 bridgehead atoms. The summed E-state index contributed by atoms with van der Waals surface area (Å²) in [7, 11) is -6.74. The second-order valence-corrected chi connectivity index (χ2v) is 9.52. The van der Waals surface area contributed by atoms with E-state index in [2.05, 4.69) is 4.72 Å². The van der Waals surface area contributed by atoms with Crippen LogP contribution in [-0.2, 0) is 26.4 Å². The van der Waals surface area contributed by atoms with Crippen LogP contribution in [0, 0.1) is 0 Å². The molecule has 1 aromatic heterocycles. The summed E-state index contributed by atoms with van der Waals surface area (Å²) in [5.74, 6) is 0.0390. The zero-order valence-electron chi connectivity index (χ0n) is 11.3. The molecule has 0 saturated heterocycles. The molecule has 2 rings (SSSR count). The minimum Gasteiger partial charge on any atom is -0.224 e. The van der Waals surface area contributed by atoms with Gasteiger partial charge in [0.05, 0.1) is 10.6 Å². The smallest absolute Gasteiger partial charge is 0.224 e. The van der Waals surface area contributed by atoms with E-state index in [1.165, 1.54) is 18.2 Å². The van der Waals surface area contributed by atoms with Gasteiger partial charge in [-0.15, -0.1) is 11.3 Å². The summed E-state index contributed by atoms with van der Waals surface area (Å²) >= 11 is 1.14. The maximum absolute atomic E-state index is 11.9. The number of hydrogen-bond acceptors (Lipinski definition) is 5. The van der Waals surface area contributed by atoms with Gasteiger partial charge in [0.25, 0.3) is 0 Å².